The van der Waals surface area contributed by atoms with Gasteiger partial charge in [-0.15, -0.1) is 11.8 Å². The molecule has 3 nitrogen and oxygen atoms in total. The van der Waals surface area contributed by atoms with Crippen molar-refractivity contribution in [2.75, 3.05) is 18.8 Å². The van der Waals surface area contributed by atoms with Gasteiger partial charge in [-0.25, -0.2) is 0 Å². The van der Waals surface area contributed by atoms with Gasteiger partial charge >= 0.3 is 0 Å². The first-order valence-electron chi connectivity index (χ1n) is 8.89. The number of carbonyl (C=O) groups excluding carboxylic acids is 1. The van der Waals surface area contributed by atoms with Gasteiger partial charge in [0.15, 0.2) is 0 Å². The van der Waals surface area contributed by atoms with Crippen molar-refractivity contribution in [1.29, 1.82) is 0 Å². The van der Waals surface area contributed by atoms with Crippen molar-refractivity contribution >= 4 is 28.4 Å². The second-order valence-electron chi connectivity index (χ2n) is 6.22. The maximum absolute atomic E-state index is 12.0. The van der Waals surface area contributed by atoms with E-state index < -0.39 is 0 Å². The van der Waals surface area contributed by atoms with E-state index in [0.717, 1.165) is 5.75 Å². The second-order valence-corrected chi connectivity index (χ2v) is 7.39. The molecule has 0 heterocycles. The third-order valence-electron chi connectivity index (χ3n) is 4.28. The summed E-state index contributed by atoms with van der Waals surface area (Å²) in [7, 11) is 0. The van der Waals surface area contributed by atoms with Crippen LogP contribution in [0.4, 0.5) is 0 Å². The third kappa shape index (κ3) is 5.35. The number of hydrogen-bond acceptors (Lipinski definition) is 3. The predicted octanol–water partition coefficient (Wildman–Crippen LogP) is 4.40. The van der Waals surface area contributed by atoms with E-state index in [2.05, 4.69) is 60.0 Å². The van der Waals surface area contributed by atoms with Crippen molar-refractivity contribution < 1.29 is 4.79 Å². The standard InChI is InChI=1S/C22H24N2OS/c1-17(19-12-11-18-7-5-6-8-20(18)15-19)24-16-22(25)23-13-14-26-21-9-3-2-4-10-21/h2-12,15,17,24H,13-14,16H2,1H3,(H,23,25)/t17-/m1/s1. The average molecular weight is 365 g/mol. The molecule has 1 atom stereocenters. The Bertz CT molecular complexity index is 851. The van der Waals surface area contributed by atoms with Gasteiger partial charge in [0.05, 0.1) is 6.54 Å². The minimum absolute atomic E-state index is 0.0336. The zero-order chi connectivity index (χ0) is 18.2. The van der Waals surface area contributed by atoms with Crippen LogP contribution in [0.5, 0.6) is 0 Å². The van der Waals surface area contributed by atoms with Crippen LogP contribution in [0.25, 0.3) is 10.8 Å². The number of carbonyl (C=O) groups is 1. The SMILES string of the molecule is C[C@@H](NCC(=O)NCCSc1ccccc1)c1ccc2ccccc2c1. The van der Waals surface area contributed by atoms with E-state index in [-0.39, 0.29) is 11.9 Å². The molecule has 0 bridgehead atoms. The normalized spacial score (nSPS) is 12.0. The molecule has 0 aromatic heterocycles. The van der Waals surface area contributed by atoms with E-state index in [1.807, 2.05) is 30.3 Å². The van der Waals surface area contributed by atoms with Crippen LogP contribution in [0.1, 0.15) is 18.5 Å². The van der Waals surface area contributed by atoms with Crippen LogP contribution in [-0.4, -0.2) is 24.7 Å². The summed E-state index contributed by atoms with van der Waals surface area (Å²) >= 11 is 1.75. The Hall–Kier alpha value is -2.30. The number of thioether (sulfide) groups is 1. The van der Waals surface area contributed by atoms with Crippen LogP contribution in [0.15, 0.2) is 77.7 Å². The van der Waals surface area contributed by atoms with E-state index in [1.165, 1.54) is 21.2 Å². The first-order valence-corrected chi connectivity index (χ1v) is 9.87. The average Bonchev–Trinajstić information content (AvgIpc) is 2.70. The van der Waals surface area contributed by atoms with Crippen LogP contribution in [0.3, 0.4) is 0 Å². The molecule has 0 saturated heterocycles. The summed E-state index contributed by atoms with van der Waals surface area (Å²) in [4.78, 5) is 13.2. The minimum atomic E-state index is 0.0336. The highest BCUT2D eigenvalue weighted by Crippen LogP contribution is 2.20. The monoisotopic (exact) mass is 364 g/mol. The Labute approximate surface area is 159 Å². The molecule has 3 rings (SSSR count). The fraction of sp³-hybridized carbons (Fsp3) is 0.227. The van der Waals surface area contributed by atoms with Gasteiger partial charge in [0.2, 0.25) is 5.91 Å². The lowest BCUT2D eigenvalue weighted by Crippen LogP contribution is -2.36. The topological polar surface area (TPSA) is 41.1 Å². The molecule has 0 unspecified atom stereocenters. The molecule has 4 heteroatoms. The lowest BCUT2D eigenvalue weighted by molar-refractivity contribution is -0.120. The molecule has 0 saturated carbocycles. The highest BCUT2D eigenvalue weighted by Gasteiger charge is 2.08. The van der Waals surface area contributed by atoms with Crippen LogP contribution in [0, 0.1) is 0 Å². The van der Waals surface area contributed by atoms with Gasteiger partial charge in [-0.1, -0.05) is 54.6 Å². The molecule has 1 amide bonds. The van der Waals surface area contributed by atoms with E-state index >= 15 is 0 Å². The summed E-state index contributed by atoms with van der Waals surface area (Å²) < 4.78 is 0. The summed E-state index contributed by atoms with van der Waals surface area (Å²) in [6.07, 6.45) is 0. The molecule has 0 aliphatic heterocycles. The second kappa shape index (κ2) is 9.41. The predicted molar refractivity (Wildman–Crippen MR) is 111 cm³/mol. The van der Waals surface area contributed by atoms with Crippen LogP contribution in [-0.2, 0) is 4.79 Å². The molecule has 2 N–H and O–H groups in total. The van der Waals surface area contributed by atoms with Gasteiger partial charge in [0.25, 0.3) is 0 Å². The van der Waals surface area contributed by atoms with Crippen LogP contribution >= 0.6 is 11.8 Å². The third-order valence-corrected chi connectivity index (χ3v) is 5.29. The van der Waals surface area contributed by atoms with E-state index in [9.17, 15) is 4.79 Å². The van der Waals surface area contributed by atoms with E-state index in [0.29, 0.717) is 13.1 Å². The highest BCUT2D eigenvalue weighted by atomic mass is 32.2. The molecule has 3 aromatic rings. The van der Waals surface area contributed by atoms with Gasteiger partial charge in [-0.3, -0.25) is 4.79 Å². The van der Waals surface area contributed by atoms with Gasteiger partial charge in [-0.05, 0) is 41.5 Å². The maximum Gasteiger partial charge on any atom is 0.234 e. The van der Waals surface area contributed by atoms with Crippen molar-refractivity contribution in [3.05, 3.63) is 78.4 Å². The van der Waals surface area contributed by atoms with Crippen molar-refractivity contribution in [2.45, 2.75) is 17.9 Å². The number of rotatable bonds is 8. The smallest absolute Gasteiger partial charge is 0.234 e. The van der Waals surface area contributed by atoms with E-state index in [4.69, 9.17) is 0 Å². The van der Waals surface area contributed by atoms with Gasteiger partial charge < -0.3 is 10.6 Å². The quantitative estimate of drug-likeness (QED) is 0.460. The van der Waals surface area contributed by atoms with Crippen LogP contribution < -0.4 is 10.6 Å². The molecular formula is C22H24N2OS. The maximum atomic E-state index is 12.0. The molecule has 0 radical (unpaired) electrons. The summed E-state index contributed by atoms with van der Waals surface area (Å²) in [5, 5.41) is 8.73. The van der Waals surface area contributed by atoms with Crippen molar-refractivity contribution in [2.24, 2.45) is 0 Å². The Kier molecular flexibility index (Phi) is 6.69. The highest BCUT2D eigenvalue weighted by molar-refractivity contribution is 7.99. The molecule has 0 aliphatic rings. The molecule has 0 spiro atoms. The summed E-state index contributed by atoms with van der Waals surface area (Å²) in [5.41, 5.74) is 1.19. The molecule has 26 heavy (non-hydrogen) atoms. The minimum Gasteiger partial charge on any atom is -0.354 e. The lowest BCUT2D eigenvalue weighted by atomic mass is 10.0. The van der Waals surface area contributed by atoms with Crippen LogP contribution in [0.2, 0.25) is 0 Å². The van der Waals surface area contributed by atoms with Crippen molar-refractivity contribution in [1.82, 2.24) is 10.6 Å². The van der Waals surface area contributed by atoms with Gasteiger partial charge in [-0.2, -0.15) is 0 Å². The molecular weight excluding hydrogens is 340 g/mol. The molecule has 134 valence electrons. The largest absolute Gasteiger partial charge is 0.354 e. The first kappa shape index (κ1) is 18.5. The Morgan fingerprint density at radius 2 is 1.69 bits per heavy atom. The van der Waals surface area contributed by atoms with Crippen molar-refractivity contribution in [3.8, 4) is 0 Å². The zero-order valence-electron chi connectivity index (χ0n) is 14.9. The molecule has 0 fully saturated rings. The first-order chi connectivity index (χ1) is 12.7. The van der Waals surface area contributed by atoms with Crippen molar-refractivity contribution in [3.63, 3.8) is 0 Å². The zero-order valence-corrected chi connectivity index (χ0v) is 15.8. The number of benzene rings is 3. The summed E-state index contributed by atoms with van der Waals surface area (Å²) in [6.45, 7) is 3.08. The number of fused-ring (bicyclic) bond motifs is 1. The Morgan fingerprint density at radius 3 is 2.50 bits per heavy atom. The fourth-order valence-electron chi connectivity index (χ4n) is 2.78. The number of amides is 1. The number of nitrogens with one attached hydrogen (secondary N) is 2. The summed E-state index contributed by atoms with van der Waals surface area (Å²) in [6, 6.07) is 25.1. The fourth-order valence-corrected chi connectivity index (χ4v) is 3.57. The van der Waals surface area contributed by atoms with Gasteiger partial charge in [0.1, 0.15) is 0 Å². The molecule has 0 aliphatic carbocycles. The van der Waals surface area contributed by atoms with E-state index in [1.54, 1.807) is 11.8 Å². The Morgan fingerprint density at radius 1 is 0.962 bits per heavy atom. The molecule has 3 aromatic carbocycles. The number of hydrogen-bond donors (Lipinski definition) is 2. The lowest BCUT2D eigenvalue weighted by Gasteiger charge is -2.15. The Balaban J connectivity index is 1.40. The van der Waals surface area contributed by atoms with Gasteiger partial charge in [0, 0.05) is 23.2 Å². The summed E-state index contributed by atoms with van der Waals surface area (Å²) in [5.74, 6) is 0.905.